The summed E-state index contributed by atoms with van der Waals surface area (Å²) < 4.78 is 10.8. The van der Waals surface area contributed by atoms with Gasteiger partial charge in [-0.15, -0.1) is 0 Å². The fraction of sp³-hybridized carbons (Fsp3) is 0.467. The van der Waals surface area contributed by atoms with E-state index in [1.807, 2.05) is 0 Å². The third-order valence-corrected chi connectivity index (χ3v) is 4.61. The van der Waals surface area contributed by atoms with Crippen molar-refractivity contribution in [2.45, 2.75) is 25.0 Å². The van der Waals surface area contributed by atoms with Crippen molar-refractivity contribution in [1.29, 1.82) is 0 Å². The van der Waals surface area contributed by atoms with E-state index in [-0.39, 0.29) is 35.9 Å². The van der Waals surface area contributed by atoms with Crippen LogP contribution in [-0.4, -0.2) is 31.1 Å². The number of ether oxygens (including phenoxy) is 2. The van der Waals surface area contributed by atoms with Crippen molar-refractivity contribution < 1.29 is 19.1 Å². The van der Waals surface area contributed by atoms with Crippen LogP contribution in [0.4, 0.5) is 5.69 Å². The van der Waals surface area contributed by atoms with E-state index in [1.54, 1.807) is 31.4 Å². The Kier molecular flexibility index (Phi) is 2.41. The van der Waals surface area contributed by atoms with Gasteiger partial charge in [-0.25, -0.2) is 4.90 Å². The third kappa shape index (κ3) is 1.41. The Labute approximate surface area is 116 Å². The lowest BCUT2D eigenvalue weighted by molar-refractivity contribution is -0.124. The van der Waals surface area contributed by atoms with Crippen LogP contribution in [0, 0.1) is 11.8 Å². The van der Waals surface area contributed by atoms with Crippen LogP contribution in [0.3, 0.4) is 0 Å². The summed E-state index contributed by atoms with van der Waals surface area (Å²) in [5.41, 5.74) is 0.620. The zero-order chi connectivity index (χ0) is 13.9. The van der Waals surface area contributed by atoms with E-state index in [9.17, 15) is 9.59 Å². The molecule has 2 bridgehead atoms. The predicted molar refractivity (Wildman–Crippen MR) is 70.4 cm³/mol. The summed E-state index contributed by atoms with van der Waals surface area (Å²) in [6.07, 6.45) is 1.65. The van der Waals surface area contributed by atoms with Crippen molar-refractivity contribution in [3.8, 4) is 5.75 Å². The fourth-order valence-electron chi connectivity index (χ4n) is 3.70. The summed E-state index contributed by atoms with van der Waals surface area (Å²) in [4.78, 5) is 26.4. The molecule has 1 aromatic carbocycles. The van der Waals surface area contributed by atoms with Gasteiger partial charge in [0.25, 0.3) is 0 Å². The highest BCUT2D eigenvalue weighted by molar-refractivity contribution is 6.22. The second-order valence-electron chi connectivity index (χ2n) is 5.55. The summed E-state index contributed by atoms with van der Waals surface area (Å²) in [7, 11) is 1.58. The lowest BCUT2D eigenvalue weighted by Gasteiger charge is -2.17. The van der Waals surface area contributed by atoms with Gasteiger partial charge in [0, 0.05) is 0 Å². The maximum absolute atomic E-state index is 12.5. The van der Waals surface area contributed by atoms with Crippen LogP contribution in [0.15, 0.2) is 24.3 Å². The van der Waals surface area contributed by atoms with E-state index in [0.717, 1.165) is 12.8 Å². The smallest absolute Gasteiger partial charge is 0.240 e. The number of hydrogen-bond acceptors (Lipinski definition) is 4. The summed E-state index contributed by atoms with van der Waals surface area (Å²) >= 11 is 0. The van der Waals surface area contributed by atoms with Crippen molar-refractivity contribution in [1.82, 2.24) is 0 Å². The van der Waals surface area contributed by atoms with Crippen LogP contribution in [0.1, 0.15) is 12.8 Å². The molecule has 0 radical (unpaired) electrons. The number of methoxy groups -OCH3 is 1. The number of anilines is 1. The number of benzene rings is 1. The minimum atomic E-state index is -0.275. The van der Waals surface area contributed by atoms with Crippen LogP contribution < -0.4 is 9.64 Å². The van der Waals surface area contributed by atoms with Gasteiger partial charge in [-0.05, 0) is 37.1 Å². The second kappa shape index (κ2) is 4.06. The normalized spacial score (nSPS) is 34.8. The molecule has 20 heavy (non-hydrogen) atoms. The van der Waals surface area contributed by atoms with Gasteiger partial charge in [-0.3, -0.25) is 9.59 Å². The van der Waals surface area contributed by atoms with Crippen molar-refractivity contribution in [3.05, 3.63) is 24.3 Å². The van der Waals surface area contributed by atoms with E-state index in [1.165, 1.54) is 4.90 Å². The van der Waals surface area contributed by atoms with Gasteiger partial charge < -0.3 is 9.47 Å². The SMILES string of the molecule is COc1ccc(N2C(=O)C3C4CCC(O4)C3C2=O)cc1. The Hall–Kier alpha value is -1.88. The number of amides is 2. The number of fused-ring (bicyclic) bond motifs is 5. The molecule has 4 unspecified atom stereocenters. The quantitative estimate of drug-likeness (QED) is 0.763. The van der Waals surface area contributed by atoms with Crippen molar-refractivity contribution in [2.75, 3.05) is 12.0 Å². The van der Waals surface area contributed by atoms with Gasteiger partial charge in [0.1, 0.15) is 5.75 Å². The van der Waals surface area contributed by atoms with E-state index < -0.39 is 0 Å². The van der Waals surface area contributed by atoms with E-state index in [4.69, 9.17) is 9.47 Å². The first-order valence-corrected chi connectivity index (χ1v) is 6.88. The number of imide groups is 1. The first kappa shape index (κ1) is 11.9. The molecule has 104 valence electrons. The minimum absolute atomic E-state index is 0.0651. The maximum atomic E-state index is 12.5. The highest BCUT2D eigenvalue weighted by Crippen LogP contribution is 2.49. The first-order valence-electron chi connectivity index (χ1n) is 6.88. The zero-order valence-corrected chi connectivity index (χ0v) is 11.1. The molecule has 2 amide bonds. The second-order valence-corrected chi connectivity index (χ2v) is 5.55. The fourth-order valence-corrected chi connectivity index (χ4v) is 3.70. The molecule has 1 aromatic rings. The Bertz CT molecular complexity index is 554. The van der Waals surface area contributed by atoms with Gasteiger partial charge in [0.05, 0.1) is 36.8 Å². The van der Waals surface area contributed by atoms with E-state index >= 15 is 0 Å². The lowest BCUT2D eigenvalue weighted by Crippen LogP contribution is -2.34. The summed E-state index contributed by atoms with van der Waals surface area (Å²) in [6.45, 7) is 0. The zero-order valence-electron chi connectivity index (χ0n) is 11.1. The number of hydrogen-bond donors (Lipinski definition) is 0. The number of rotatable bonds is 2. The average Bonchev–Trinajstić information content (AvgIpc) is 3.14. The monoisotopic (exact) mass is 273 g/mol. The number of carbonyl (C=O) groups is 2. The Balaban J connectivity index is 1.69. The highest BCUT2D eigenvalue weighted by Gasteiger charge is 2.62. The Morgan fingerprint density at radius 2 is 1.60 bits per heavy atom. The topological polar surface area (TPSA) is 55.8 Å². The minimum Gasteiger partial charge on any atom is -0.497 e. The average molecular weight is 273 g/mol. The number of nitrogens with zero attached hydrogens (tertiary/aromatic N) is 1. The molecule has 3 aliphatic heterocycles. The molecule has 0 saturated carbocycles. The van der Waals surface area contributed by atoms with Crippen LogP contribution in [0.5, 0.6) is 5.75 Å². The highest BCUT2D eigenvalue weighted by atomic mass is 16.5. The lowest BCUT2D eigenvalue weighted by atomic mass is 9.81. The van der Waals surface area contributed by atoms with Gasteiger partial charge in [-0.1, -0.05) is 0 Å². The van der Waals surface area contributed by atoms with E-state index in [2.05, 4.69) is 0 Å². The molecule has 0 aromatic heterocycles. The summed E-state index contributed by atoms with van der Waals surface area (Å²) in [5, 5.41) is 0. The van der Waals surface area contributed by atoms with Crippen molar-refractivity contribution >= 4 is 17.5 Å². The first-order chi connectivity index (χ1) is 9.70. The largest absolute Gasteiger partial charge is 0.497 e. The molecule has 3 saturated heterocycles. The molecule has 4 atom stereocenters. The molecule has 0 aliphatic carbocycles. The van der Waals surface area contributed by atoms with Crippen LogP contribution >= 0.6 is 0 Å². The van der Waals surface area contributed by atoms with Crippen molar-refractivity contribution in [3.63, 3.8) is 0 Å². The Morgan fingerprint density at radius 1 is 1.05 bits per heavy atom. The Morgan fingerprint density at radius 3 is 2.10 bits per heavy atom. The molecule has 3 fully saturated rings. The molecule has 5 nitrogen and oxygen atoms in total. The van der Waals surface area contributed by atoms with Gasteiger partial charge in [0.15, 0.2) is 0 Å². The van der Waals surface area contributed by atoms with E-state index in [0.29, 0.717) is 11.4 Å². The van der Waals surface area contributed by atoms with Crippen LogP contribution in [0.25, 0.3) is 0 Å². The number of carbonyl (C=O) groups excluding carboxylic acids is 2. The molecular formula is C15H15NO4. The maximum Gasteiger partial charge on any atom is 0.240 e. The predicted octanol–water partition coefficient (Wildman–Crippen LogP) is 1.36. The van der Waals surface area contributed by atoms with Gasteiger partial charge in [-0.2, -0.15) is 0 Å². The van der Waals surface area contributed by atoms with Gasteiger partial charge >= 0.3 is 0 Å². The summed E-state index contributed by atoms with van der Waals surface area (Å²) in [5.74, 6) is -0.0714. The molecule has 5 heteroatoms. The molecule has 4 rings (SSSR count). The molecule has 3 aliphatic rings. The van der Waals surface area contributed by atoms with Crippen LogP contribution in [0.2, 0.25) is 0 Å². The summed E-state index contributed by atoms with van der Waals surface area (Å²) in [6, 6.07) is 7.01. The molecular weight excluding hydrogens is 258 g/mol. The van der Waals surface area contributed by atoms with Crippen molar-refractivity contribution in [2.24, 2.45) is 11.8 Å². The van der Waals surface area contributed by atoms with Gasteiger partial charge in [0.2, 0.25) is 11.8 Å². The molecule has 3 heterocycles. The molecule has 0 spiro atoms. The third-order valence-electron chi connectivity index (χ3n) is 4.61. The molecule has 0 N–H and O–H groups in total. The van der Waals surface area contributed by atoms with Crippen LogP contribution in [-0.2, 0) is 14.3 Å². The standard InChI is InChI=1S/C15H15NO4/c1-19-9-4-2-8(3-5-9)16-14(17)12-10-6-7-11(20-10)13(12)15(16)18/h2-5,10-13H,6-7H2,1H3.